The molecule has 0 unspecified atom stereocenters. The summed E-state index contributed by atoms with van der Waals surface area (Å²) in [4.78, 5) is 26.2. The Morgan fingerprint density at radius 3 is 2.27 bits per heavy atom. The van der Waals surface area contributed by atoms with Crippen LogP contribution in [0.3, 0.4) is 0 Å². The van der Waals surface area contributed by atoms with E-state index in [2.05, 4.69) is 10.3 Å². The fourth-order valence-corrected chi connectivity index (χ4v) is 3.18. The zero-order chi connectivity index (χ0) is 20.3. The molecule has 4 aromatic heterocycles. The van der Waals surface area contributed by atoms with Crippen molar-refractivity contribution in [2.45, 2.75) is 6.54 Å². The lowest BCUT2D eigenvalue weighted by molar-refractivity contribution is 0.0951. The lowest BCUT2D eigenvalue weighted by Crippen LogP contribution is -2.22. The molecule has 7 nitrogen and oxygen atoms in total. The number of amides is 1. The van der Waals surface area contributed by atoms with Crippen molar-refractivity contribution in [2.75, 3.05) is 0 Å². The molecule has 1 amide bonds. The van der Waals surface area contributed by atoms with Gasteiger partial charge in [-0.1, -0.05) is 6.07 Å². The second kappa shape index (κ2) is 7.63. The number of carbonyl (C=O) groups is 1. The molecule has 5 aromatic rings. The summed E-state index contributed by atoms with van der Waals surface area (Å²) in [5, 5.41) is 2.90. The van der Waals surface area contributed by atoms with E-state index in [9.17, 15) is 4.79 Å². The molecule has 0 bridgehead atoms. The minimum absolute atomic E-state index is 0.189. The first-order chi connectivity index (χ1) is 14.8. The van der Waals surface area contributed by atoms with Crippen molar-refractivity contribution >= 4 is 16.9 Å². The quantitative estimate of drug-likeness (QED) is 0.471. The van der Waals surface area contributed by atoms with Crippen LogP contribution in [-0.4, -0.2) is 20.9 Å². The largest absolute Gasteiger partial charge is 0.472 e. The van der Waals surface area contributed by atoms with Gasteiger partial charge in [0.05, 0.1) is 36.1 Å². The molecule has 146 valence electrons. The Kier molecular flexibility index (Phi) is 4.53. The Labute approximate surface area is 171 Å². The van der Waals surface area contributed by atoms with E-state index in [1.54, 1.807) is 55.6 Å². The number of rotatable bonds is 5. The molecule has 4 heterocycles. The summed E-state index contributed by atoms with van der Waals surface area (Å²) in [6.07, 6.45) is 9.84. The molecule has 1 N–H and O–H groups in total. The molecular formula is C23H16N4O3. The van der Waals surface area contributed by atoms with Crippen LogP contribution in [-0.2, 0) is 6.54 Å². The molecule has 7 heteroatoms. The average molecular weight is 396 g/mol. The first-order valence-electron chi connectivity index (χ1n) is 9.32. The highest BCUT2D eigenvalue weighted by Crippen LogP contribution is 2.31. The topological polar surface area (TPSA) is 94.1 Å². The summed E-state index contributed by atoms with van der Waals surface area (Å²) in [5.41, 5.74) is 5.70. The normalized spacial score (nSPS) is 10.9. The van der Waals surface area contributed by atoms with Gasteiger partial charge in [0.15, 0.2) is 0 Å². The van der Waals surface area contributed by atoms with Gasteiger partial charge in [0.1, 0.15) is 11.4 Å². The SMILES string of the molecule is O=C(NCc1cccnc1)c1ccc2nc(-c3ccoc3)c(-c3ccoc3)nc2c1. The molecule has 0 fully saturated rings. The minimum atomic E-state index is -0.189. The molecular weight excluding hydrogens is 380 g/mol. The van der Waals surface area contributed by atoms with Gasteiger partial charge in [-0.25, -0.2) is 9.97 Å². The number of nitrogens with zero attached hydrogens (tertiary/aromatic N) is 3. The van der Waals surface area contributed by atoms with E-state index in [1.807, 2.05) is 24.3 Å². The van der Waals surface area contributed by atoms with Crippen molar-refractivity contribution in [1.29, 1.82) is 0 Å². The van der Waals surface area contributed by atoms with E-state index in [-0.39, 0.29) is 5.91 Å². The molecule has 0 saturated heterocycles. The third-order valence-corrected chi connectivity index (χ3v) is 4.69. The maximum Gasteiger partial charge on any atom is 0.251 e. The second-order valence-electron chi connectivity index (χ2n) is 6.69. The summed E-state index contributed by atoms with van der Waals surface area (Å²) in [7, 11) is 0. The maximum atomic E-state index is 12.6. The minimum Gasteiger partial charge on any atom is -0.472 e. The Morgan fingerprint density at radius 1 is 0.900 bits per heavy atom. The van der Waals surface area contributed by atoms with Crippen LogP contribution < -0.4 is 5.32 Å². The monoisotopic (exact) mass is 396 g/mol. The number of hydrogen-bond donors (Lipinski definition) is 1. The molecule has 1 aromatic carbocycles. The average Bonchev–Trinajstić information content (AvgIpc) is 3.51. The van der Waals surface area contributed by atoms with Gasteiger partial charge in [0.25, 0.3) is 5.91 Å². The molecule has 0 spiro atoms. The summed E-state index contributed by atoms with van der Waals surface area (Å²) in [6, 6.07) is 12.7. The molecule has 5 rings (SSSR count). The second-order valence-corrected chi connectivity index (χ2v) is 6.69. The van der Waals surface area contributed by atoms with Gasteiger partial charge in [-0.3, -0.25) is 9.78 Å². The first kappa shape index (κ1) is 17.8. The smallest absolute Gasteiger partial charge is 0.251 e. The maximum absolute atomic E-state index is 12.6. The predicted molar refractivity (Wildman–Crippen MR) is 110 cm³/mol. The van der Waals surface area contributed by atoms with Gasteiger partial charge in [0, 0.05) is 35.6 Å². The number of fused-ring (bicyclic) bond motifs is 1. The van der Waals surface area contributed by atoms with Crippen molar-refractivity contribution in [3.8, 4) is 22.5 Å². The van der Waals surface area contributed by atoms with Gasteiger partial charge >= 0.3 is 0 Å². The van der Waals surface area contributed by atoms with Crippen LogP contribution in [0.25, 0.3) is 33.5 Å². The summed E-state index contributed by atoms with van der Waals surface area (Å²) < 4.78 is 10.4. The van der Waals surface area contributed by atoms with Crippen LogP contribution >= 0.6 is 0 Å². The van der Waals surface area contributed by atoms with Crippen molar-refractivity contribution < 1.29 is 13.6 Å². The van der Waals surface area contributed by atoms with Crippen LogP contribution in [0.4, 0.5) is 0 Å². The molecule has 0 atom stereocenters. The zero-order valence-corrected chi connectivity index (χ0v) is 15.8. The van der Waals surface area contributed by atoms with E-state index < -0.39 is 0 Å². The van der Waals surface area contributed by atoms with Gasteiger partial charge in [-0.15, -0.1) is 0 Å². The lowest BCUT2D eigenvalue weighted by atomic mass is 10.1. The number of hydrogen-bond acceptors (Lipinski definition) is 6. The van der Waals surface area contributed by atoms with Gasteiger partial charge < -0.3 is 14.2 Å². The Morgan fingerprint density at radius 2 is 1.63 bits per heavy atom. The lowest BCUT2D eigenvalue weighted by Gasteiger charge is -2.09. The van der Waals surface area contributed by atoms with E-state index in [0.29, 0.717) is 34.5 Å². The van der Waals surface area contributed by atoms with E-state index in [0.717, 1.165) is 16.7 Å². The number of pyridine rings is 1. The van der Waals surface area contributed by atoms with Crippen LogP contribution in [0.1, 0.15) is 15.9 Å². The third kappa shape index (κ3) is 3.44. The third-order valence-electron chi connectivity index (χ3n) is 4.69. The number of furan rings is 2. The van der Waals surface area contributed by atoms with Crippen molar-refractivity contribution in [1.82, 2.24) is 20.3 Å². The van der Waals surface area contributed by atoms with Gasteiger partial charge in [0.2, 0.25) is 0 Å². The number of nitrogens with one attached hydrogen (secondary N) is 1. The summed E-state index contributed by atoms with van der Waals surface area (Å²) in [6.45, 7) is 0.399. The highest BCUT2D eigenvalue weighted by molar-refractivity contribution is 5.98. The number of carbonyl (C=O) groups excluding carboxylic acids is 1. The molecule has 0 aliphatic carbocycles. The first-order valence-corrected chi connectivity index (χ1v) is 9.32. The molecule has 0 radical (unpaired) electrons. The van der Waals surface area contributed by atoms with Crippen molar-refractivity contribution in [3.63, 3.8) is 0 Å². The molecule has 0 aliphatic rings. The van der Waals surface area contributed by atoms with Crippen molar-refractivity contribution in [2.24, 2.45) is 0 Å². The Hall–Kier alpha value is -4.26. The van der Waals surface area contributed by atoms with E-state index in [4.69, 9.17) is 18.8 Å². The number of aromatic nitrogens is 3. The zero-order valence-electron chi connectivity index (χ0n) is 15.8. The molecule has 30 heavy (non-hydrogen) atoms. The van der Waals surface area contributed by atoms with Crippen LogP contribution in [0.15, 0.2) is 88.7 Å². The van der Waals surface area contributed by atoms with Gasteiger partial charge in [-0.2, -0.15) is 0 Å². The number of benzene rings is 1. The molecule has 0 aliphatic heterocycles. The van der Waals surface area contributed by atoms with Crippen LogP contribution in [0, 0.1) is 0 Å². The summed E-state index contributed by atoms with van der Waals surface area (Å²) in [5.74, 6) is -0.189. The highest BCUT2D eigenvalue weighted by atomic mass is 16.3. The highest BCUT2D eigenvalue weighted by Gasteiger charge is 2.16. The fourth-order valence-electron chi connectivity index (χ4n) is 3.18. The van der Waals surface area contributed by atoms with E-state index >= 15 is 0 Å². The van der Waals surface area contributed by atoms with Crippen molar-refractivity contribution in [3.05, 3.63) is 91.0 Å². The predicted octanol–water partition coefficient (Wildman–Crippen LogP) is 4.47. The standard InChI is InChI=1S/C23H16N4O3/c28-23(25-12-15-2-1-7-24-11-15)16-3-4-19-20(10-16)27-22(18-6-9-30-14-18)21(26-19)17-5-8-29-13-17/h1-11,13-14H,12H2,(H,25,28). The Bertz CT molecular complexity index is 1300. The van der Waals surface area contributed by atoms with E-state index in [1.165, 1.54) is 0 Å². The fraction of sp³-hybridized carbons (Fsp3) is 0.0435. The summed E-state index contributed by atoms with van der Waals surface area (Å²) >= 11 is 0. The molecule has 0 saturated carbocycles. The Balaban J connectivity index is 1.51. The van der Waals surface area contributed by atoms with Crippen LogP contribution in [0.2, 0.25) is 0 Å². The van der Waals surface area contributed by atoms with Crippen LogP contribution in [0.5, 0.6) is 0 Å². The van der Waals surface area contributed by atoms with Gasteiger partial charge in [-0.05, 0) is 42.0 Å².